The number of aromatic carboxylic acids is 1. The summed E-state index contributed by atoms with van der Waals surface area (Å²) < 4.78 is 5.58. The molecule has 0 saturated heterocycles. The summed E-state index contributed by atoms with van der Waals surface area (Å²) in [5.74, 6) is -0.303. The van der Waals surface area contributed by atoms with E-state index >= 15 is 0 Å². The standard InChI is InChI=1S/C15H16N4O3/c1-9(2)8-22-13-5-4-12(6-11(13)7-16)19-17-10(3)14(18-19)15(20)21/h4-6,9H,8H2,1-3H3,(H,20,21). The third kappa shape index (κ3) is 3.23. The van der Waals surface area contributed by atoms with Crippen LogP contribution in [0.1, 0.15) is 35.6 Å². The molecule has 0 saturated carbocycles. The van der Waals surface area contributed by atoms with E-state index < -0.39 is 5.97 Å². The number of carbonyl (C=O) groups is 1. The lowest BCUT2D eigenvalue weighted by Crippen LogP contribution is -2.07. The number of aromatic nitrogens is 3. The minimum absolute atomic E-state index is 0.112. The van der Waals surface area contributed by atoms with Crippen molar-refractivity contribution >= 4 is 5.97 Å². The van der Waals surface area contributed by atoms with Crippen molar-refractivity contribution in [3.8, 4) is 17.5 Å². The van der Waals surface area contributed by atoms with Crippen LogP contribution in [0.4, 0.5) is 0 Å². The van der Waals surface area contributed by atoms with Gasteiger partial charge in [0.05, 0.1) is 23.6 Å². The fourth-order valence-electron chi connectivity index (χ4n) is 1.80. The highest BCUT2D eigenvalue weighted by Crippen LogP contribution is 2.22. The Hall–Kier alpha value is -2.88. The quantitative estimate of drug-likeness (QED) is 0.908. The van der Waals surface area contributed by atoms with Gasteiger partial charge in [0.1, 0.15) is 11.8 Å². The molecule has 0 aliphatic rings. The van der Waals surface area contributed by atoms with Gasteiger partial charge < -0.3 is 9.84 Å². The van der Waals surface area contributed by atoms with Crippen molar-refractivity contribution in [1.29, 1.82) is 5.26 Å². The highest BCUT2D eigenvalue weighted by molar-refractivity contribution is 5.86. The fraction of sp³-hybridized carbons (Fsp3) is 0.333. The molecule has 0 fully saturated rings. The highest BCUT2D eigenvalue weighted by Gasteiger charge is 2.16. The summed E-state index contributed by atoms with van der Waals surface area (Å²) in [5, 5.41) is 26.2. The van der Waals surface area contributed by atoms with Gasteiger partial charge in [-0.1, -0.05) is 13.8 Å². The summed E-state index contributed by atoms with van der Waals surface area (Å²) >= 11 is 0. The summed E-state index contributed by atoms with van der Waals surface area (Å²) in [5.41, 5.74) is 1.05. The third-order valence-corrected chi connectivity index (χ3v) is 2.87. The summed E-state index contributed by atoms with van der Waals surface area (Å²) in [7, 11) is 0. The van der Waals surface area contributed by atoms with Crippen LogP contribution >= 0.6 is 0 Å². The SMILES string of the molecule is Cc1nn(-c2ccc(OCC(C)C)c(C#N)c2)nc1C(=O)O. The maximum atomic E-state index is 11.0. The van der Waals surface area contributed by atoms with E-state index in [1.54, 1.807) is 25.1 Å². The van der Waals surface area contributed by atoms with Crippen LogP contribution in [0.2, 0.25) is 0 Å². The van der Waals surface area contributed by atoms with Crippen LogP contribution in [0.5, 0.6) is 5.75 Å². The molecule has 114 valence electrons. The van der Waals surface area contributed by atoms with Crippen molar-refractivity contribution in [1.82, 2.24) is 15.0 Å². The van der Waals surface area contributed by atoms with Crippen molar-refractivity contribution in [3.05, 3.63) is 35.2 Å². The van der Waals surface area contributed by atoms with Crippen LogP contribution in [0.25, 0.3) is 5.69 Å². The number of carboxylic acids is 1. The number of hydrogen-bond donors (Lipinski definition) is 1. The molecule has 0 aliphatic carbocycles. The Kier molecular flexibility index (Phi) is 4.41. The molecule has 0 unspecified atom stereocenters. The smallest absolute Gasteiger partial charge is 0.358 e. The van der Waals surface area contributed by atoms with Crippen LogP contribution in [0.3, 0.4) is 0 Å². The van der Waals surface area contributed by atoms with E-state index in [-0.39, 0.29) is 5.69 Å². The van der Waals surface area contributed by atoms with Gasteiger partial charge in [0.2, 0.25) is 0 Å². The first-order valence-electron chi connectivity index (χ1n) is 6.77. The number of ether oxygens (including phenoxy) is 1. The first-order chi connectivity index (χ1) is 10.4. The van der Waals surface area contributed by atoms with Gasteiger partial charge >= 0.3 is 5.97 Å². The van der Waals surface area contributed by atoms with Crippen LogP contribution in [0.15, 0.2) is 18.2 Å². The van der Waals surface area contributed by atoms with Crippen LogP contribution in [-0.4, -0.2) is 32.7 Å². The third-order valence-electron chi connectivity index (χ3n) is 2.87. The average Bonchev–Trinajstić information content (AvgIpc) is 2.87. The van der Waals surface area contributed by atoms with Crippen molar-refractivity contribution in [2.75, 3.05) is 6.61 Å². The van der Waals surface area contributed by atoms with Gasteiger partial charge in [0, 0.05) is 0 Å². The molecule has 0 amide bonds. The van der Waals surface area contributed by atoms with E-state index in [0.717, 1.165) is 0 Å². The minimum atomic E-state index is -1.14. The molecular weight excluding hydrogens is 284 g/mol. The lowest BCUT2D eigenvalue weighted by Gasteiger charge is -2.10. The molecule has 0 bridgehead atoms. The molecule has 1 aromatic heterocycles. The lowest BCUT2D eigenvalue weighted by molar-refractivity contribution is 0.0689. The number of hydrogen-bond acceptors (Lipinski definition) is 5. The van der Waals surface area contributed by atoms with Crippen molar-refractivity contribution in [2.45, 2.75) is 20.8 Å². The number of benzene rings is 1. The van der Waals surface area contributed by atoms with Crippen molar-refractivity contribution in [3.63, 3.8) is 0 Å². The van der Waals surface area contributed by atoms with E-state index in [4.69, 9.17) is 9.84 Å². The molecule has 0 spiro atoms. The van der Waals surface area contributed by atoms with Gasteiger partial charge in [-0.2, -0.15) is 15.2 Å². The van der Waals surface area contributed by atoms with Gasteiger partial charge in [-0.25, -0.2) is 4.79 Å². The van der Waals surface area contributed by atoms with Gasteiger partial charge in [-0.15, -0.1) is 5.10 Å². The molecule has 7 nitrogen and oxygen atoms in total. The highest BCUT2D eigenvalue weighted by atomic mass is 16.5. The normalized spacial score (nSPS) is 10.5. The van der Waals surface area contributed by atoms with Gasteiger partial charge in [-0.3, -0.25) is 0 Å². The largest absolute Gasteiger partial charge is 0.492 e. The molecule has 2 aromatic rings. The van der Waals surface area contributed by atoms with E-state index in [1.165, 1.54) is 4.80 Å². The first kappa shape index (κ1) is 15.5. The molecule has 1 heterocycles. The van der Waals surface area contributed by atoms with Crippen molar-refractivity contribution in [2.24, 2.45) is 5.92 Å². The topological polar surface area (TPSA) is 101 Å². The molecule has 2 rings (SSSR count). The number of aryl methyl sites for hydroxylation is 1. The second kappa shape index (κ2) is 6.26. The van der Waals surface area contributed by atoms with Crippen LogP contribution in [0, 0.1) is 24.2 Å². The molecule has 1 N–H and O–H groups in total. The zero-order valence-electron chi connectivity index (χ0n) is 12.6. The molecule has 0 aliphatic heterocycles. The molecule has 22 heavy (non-hydrogen) atoms. The first-order valence-corrected chi connectivity index (χ1v) is 6.77. The molecule has 7 heteroatoms. The second-order valence-corrected chi connectivity index (χ2v) is 5.23. The number of nitrogens with zero attached hydrogens (tertiary/aromatic N) is 4. The Morgan fingerprint density at radius 3 is 2.73 bits per heavy atom. The number of carboxylic acid groups (broad SMARTS) is 1. The number of rotatable bonds is 5. The Balaban J connectivity index is 2.35. The number of nitriles is 1. The minimum Gasteiger partial charge on any atom is -0.492 e. The van der Waals surface area contributed by atoms with Gasteiger partial charge in [0.15, 0.2) is 5.69 Å². The van der Waals surface area contributed by atoms with Crippen LogP contribution < -0.4 is 4.74 Å². The summed E-state index contributed by atoms with van der Waals surface area (Å²) in [4.78, 5) is 12.2. The lowest BCUT2D eigenvalue weighted by atomic mass is 10.2. The average molecular weight is 300 g/mol. The van der Waals surface area contributed by atoms with E-state index in [0.29, 0.717) is 35.2 Å². The summed E-state index contributed by atoms with van der Waals surface area (Å²) in [6.07, 6.45) is 0. The van der Waals surface area contributed by atoms with Crippen LogP contribution in [-0.2, 0) is 0 Å². The molecule has 1 aromatic carbocycles. The molecule has 0 atom stereocenters. The van der Waals surface area contributed by atoms with E-state index in [1.807, 2.05) is 13.8 Å². The van der Waals surface area contributed by atoms with E-state index in [2.05, 4.69) is 16.3 Å². The van der Waals surface area contributed by atoms with E-state index in [9.17, 15) is 10.1 Å². The maximum absolute atomic E-state index is 11.0. The van der Waals surface area contributed by atoms with Gasteiger partial charge in [-0.05, 0) is 31.0 Å². The summed E-state index contributed by atoms with van der Waals surface area (Å²) in [6.45, 7) is 6.11. The predicted octanol–water partition coefficient (Wildman–Crippen LogP) is 2.18. The fourth-order valence-corrected chi connectivity index (χ4v) is 1.80. The molecular formula is C15H16N4O3. The Morgan fingerprint density at radius 1 is 1.45 bits per heavy atom. The summed E-state index contributed by atoms with van der Waals surface area (Å²) in [6, 6.07) is 6.98. The Bertz CT molecular complexity index is 744. The zero-order valence-corrected chi connectivity index (χ0v) is 12.6. The Morgan fingerprint density at radius 2 is 2.18 bits per heavy atom. The monoisotopic (exact) mass is 300 g/mol. The maximum Gasteiger partial charge on any atom is 0.358 e. The van der Waals surface area contributed by atoms with Gasteiger partial charge in [0.25, 0.3) is 0 Å². The predicted molar refractivity (Wildman–Crippen MR) is 78.1 cm³/mol. The Labute approximate surface area is 127 Å². The van der Waals surface area contributed by atoms with Crippen molar-refractivity contribution < 1.29 is 14.6 Å². The molecule has 0 radical (unpaired) electrons. The zero-order chi connectivity index (χ0) is 16.3. The second-order valence-electron chi connectivity index (χ2n) is 5.23.